The fourth-order valence-electron chi connectivity index (χ4n) is 4.30. The maximum Gasteiger partial charge on any atom is 0.165 e. The summed E-state index contributed by atoms with van der Waals surface area (Å²) in [4.78, 5) is 4.40. The van der Waals surface area contributed by atoms with Gasteiger partial charge in [0, 0.05) is 30.7 Å². The molecule has 1 aliphatic heterocycles. The van der Waals surface area contributed by atoms with Crippen molar-refractivity contribution in [2.75, 3.05) is 14.2 Å². The van der Waals surface area contributed by atoms with E-state index in [-0.39, 0.29) is 17.4 Å². The third-order valence-electron chi connectivity index (χ3n) is 5.25. The Morgan fingerprint density at radius 1 is 1.38 bits per heavy atom. The van der Waals surface area contributed by atoms with Crippen molar-refractivity contribution < 1.29 is 14.6 Å². The lowest BCUT2D eigenvalue weighted by Crippen LogP contribution is -2.62. The van der Waals surface area contributed by atoms with E-state index in [1.807, 2.05) is 19.2 Å². The summed E-state index contributed by atoms with van der Waals surface area (Å²) in [6.07, 6.45) is 3.94. The third-order valence-corrected chi connectivity index (χ3v) is 5.25. The Kier molecular flexibility index (Phi) is 2.52. The minimum atomic E-state index is -0.587. The number of methoxy groups -OCH3 is 1. The summed E-state index contributed by atoms with van der Waals surface area (Å²) in [5.74, 6) is 1.76. The second-order valence-electron chi connectivity index (χ2n) is 6.11. The van der Waals surface area contributed by atoms with Crippen LogP contribution in [0.3, 0.4) is 0 Å². The van der Waals surface area contributed by atoms with Gasteiger partial charge in [-0.1, -0.05) is 18.2 Å². The first-order valence-corrected chi connectivity index (χ1v) is 7.30. The van der Waals surface area contributed by atoms with Crippen molar-refractivity contribution in [3.05, 3.63) is 35.4 Å². The second-order valence-corrected chi connectivity index (χ2v) is 6.11. The molecule has 1 aromatic rings. The lowest BCUT2D eigenvalue weighted by Gasteiger charge is -2.52. The van der Waals surface area contributed by atoms with E-state index >= 15 is 0 Å². The Morgan fingerprint density at radius 2 is 2.19 bits per heavy atom. The third kappa shape index (κ3) is 1.36. The molecule has 4 heteroatoms. The molecule has 1 N–H and O–H groups in total. The molecule has 1 aromatic carbocycles. The van der Waals surface area contributed by atoms with Gasteiger partial charge in [-0.05, 0) is 18.6 Å². The highest BCUT2D eigenvalue weighted by Crippen LogP contribution is 2.62. The SMILES string of the molecule is C/N=C1/C[C@]23c4c(C)ccc(OC)c4O[C@H]2[C@@H](O)C=C[C@@H]13. The smallest absolute Gasteiger partial charge is 0.165 e. The van der Waals surface area contributed by atoms with Gasteiger partial charge in [0.1, 0.15) is 12.2 Å². The van der Waals surface area contributed by atoms with Crippen LogP contribution in [0.1, 0.15) is 17.5 Å². The summed E-state index contributed by atoms with van der Waals surface area (Å²) in [5.41, 5.74) is 3.38. The van der Waals surface area contributed by atoms with E-state index in [9.17, 15) is 5.11 Å². The highest BCUT2D eigenvalue weighted by atomic mass is 16.5. The molecule has 110 valence electrons. The molecule has 1 heterocycles. The van der Waals surface area contributed by atoms with Gasteiger partial charge in [-0.3, -0.25) is 4.99 Å². The van der Waals surface area contributed by atoms with Gasteiger partial charge < -0.3 is 14.6 Å². The standard InChI is InChI=1S/C17H19NO3/c1-9-4-7-13(20-3)15-14(9)17-8-11(18-2)10(17)5-6-12(19)16(17)21-15/h4-7,10,12,16,19H,8H2,1-3H3/b18-11-/t10-,12-,16-,17-/m0/s1. The number of ether oxygens (including phenoxy) is 2. The van der Waals surface area contributed by atoms with E-state index in [0.717, 1.165) is 17.9 Å². The number of nitrogens with zero attached hydrogens (tertiary/aromatic N) is 1. The largest absolute Gasteiger partial charge is 0.493 e. The van der Waals surface area contributed by atoms with Crippen LogP contribution in [0.4, 0.5) is 0 Å². The summed E-state index contributed by atoms with van der Waals surface area (Å²) < 4.78 is 11.6. The molecular weight excluding hydrogens is 266 g/mol. The number of allylic oxidation sites excluding steroid dienone is 1. The lowest BCUT2D eigenvalue weighted by molar-refractivity contribution is 0.00649. The molecule has 2 aliphatic carbocycles. The van der Waals surface area contributed by atoms with Crippen LogP contribution in [0.2, 0.25) is 0 Å². The molecule has 21 heavy (non-hydrogen) atoms. The molecule has 0 saturated heterocycles. The van der Waals surface area contributed by atoms with Crippen LogP contribution >= 0.6 is 0 Å². The van der Waals surface area contributed by atoms with E-state index in [1.54, 1.807) is 7.11 Å². The Hall–Kier alpha value is -1.81. The highest BCUT2D eigenvalue weighted by molar-refractivity contribution is 5.99. The molecule has 4 nitrogen and oxygen atoms in total. The lowest BCUT2D eigenvalue weighted by atomic mass is 9.50. The number of benzene rings is 1. The van der Waals surface area contributed by atoms with Crippen LogP contribution in [0, 0.1) is 12.8 Å². The van der Waals surface area contributed by atoms with E-state index in [0.29, 0.717) is 0 Å². The normalized spacial score (nSPS) is 37.3. The molecule has 0 amide bonds. The molecule has 1 fully saturated rings. The average molecular weight is 285 g/mol. The van der Waals surface area contributed by atoms with Gasteiger partial charge >= 0.3 is 0 Å². The Balaban J connectivity index is 1.96. The van der Waals surface area contributed by atoms with Crippen LogP contribution in [-0.4, -0.2) is 37.2 Å². The zero-order valence-corrected chi connectivity index (χ0v) is 12.5. The van der Waals surface area contributed by atoms with Gasteiger partial charge in [-0.25, -0.2) is 0 Å². The molecule has 1 saturated carbocycles. The summed E-state index contributed by atoms with van der Waals surface area (Å²) >= 11 is 0. The minimum Gasteiger partial charge on any atom is -0.493 e. The maximum absolute atomic E-state index is 10.4. The number of aliphatic hydroxyl groups excluding tert-OH is 1. The van der Waals surface area contributed by atoms with Gasteiger partial charge in [0.15, 0.2) is 11.5 Å². The van der Waals surface area contributed by atoms with Crippen LogP contribution in [0.15, 0.2) is 29.3 Å². The Labute approximate surface area is 124 Å². The van der Waals surface area contributed by atoms with Gasteiger partial charge in [0.05, 0.1) is 12.5 Å². The molecule has 0 bridgehead atoms. The Bertz CT molecular complexity index is 679. The molecule has 4 atom stereocenters. The topological polar surface area (TPSA) is 51.0 Å². The van der Waals surface area contributed by atoms with Crippen molar-refractivity contribution in [3.8, 4) is 11.5 Å². The van der Waals surface area contributed by atoms with Crippen LogP contribution in [0.25, 0.3) is 0 Å². The zero-order chi connectivity index (χ0) is 14.8. The number of rotatable bonds is 1. The monoisotopic (exact) mass is 285 g/mol. The van der Waals surface area contributed by atoms with E-state index in [2.05, 4.69) is 24.1 Å². The summed E-state index contributed by atoms with van der Waals surface area (Å²) in [7, 11) is 3.49. The first-order valence-electron chi connectivity index (χ1n) is 7.30. The van der Waals surface area contributed by atoms with Gasteiger partial charge in [0.25, 0.3) is 0 Å². The number of fused-ring (bicyclic) bond motifs is 1. The van der Waals surface area contributed by atoms with E-state index < -0.39 is 6.10 Å². The van der Waals surface area contributed by atoms with Gasteiger partial charge in [-0.15, -0.1) is 0 Å². The summed E-state index contributed by atoms with van der Waals surface area (Å²) in [6, 6.07) is 4.01. The second kappa shape index (κ2) is 4.10. The number of hydrogen-bond acceptors (Lipinski definition) is 4. The first kappa shape index (κ1) is 12.9. The van der Waals surface area contributed by atoms with E-state index in [4.69, 9.17) is 9.47 Å². The molecule has 4 rings (SSSR count). The van der Waals surface area contributed by atoms with Crippen LogP contribution < -0.4 is 9.47 Å². The van der Waals surface area contributed by atoms with Gasteiger partial charge in [0.2, 0.25) is 0 Å². The maximum atomic E-state index is 10.4. The zero-order valence-electron chi connectivity index (χ0n) is 12.5. The number of aryl methyl sites for hydroxylation is 1. The molecule has 3 aliphatic rings. The number of hydrogen-bond donors (Lipinski definition) is 1. The fraction of sp³-hybridized carbons (Fsp3) is 0.471. The molecule has 0 radical (unpaired) electrons. The predicted octanol–water partition coefficient (Wildman–Crippen LogP) is 2.02. The minimum absolute atomic E-state index is 0.184. The first-order chi connectivity index (χ1) is 10.1. The number of aliphatic imine (C=N–C) groups is 1. The van der Waals surface area contributed by atoms with Crippen molar-refractivity contribution in [2.45, 2.75) is 31.0 Å². The Morgan fingerprint density at radius 3 is 2.90 bits per heavy atom. The van der Waals surface area contributed by atoms with Crippen LogP contribution in [0.5, 0.6) is 11.5 Å². The van der Waals surface area contributed by atoms with Crippen molar-refractivity contribution >= 4 is 5.71 Å². The van der Waals surface area contributed by atoms with Crippen LogP contribution in [-0.2, 0) is 5.41 Å². The van der Waals surface area contributed by atoms with Crippen molar-refractivity contribution in [2.24, 2.45) is 10.9 Å². The molecule has 0 aromatic heterocycles. The molecule has 0 unspecified atom stereocenters. The predicted molar refractivity (Wildman–Crippen MR) is 80.4 cm³/mol. The van der Waals surface area contributed by atoms with Gasteiger partial charge in [-0.2, -0.15) is 0 Å². The van der Waals surface area contributed by atoms with Crippen molar-refractivity contribution in [1.29, 1.82) is 0 Å². The summed E-state index contributed by atoms with van der Waals surface area (Å²) in [6.45, 7) is 2.10. The highest BCUT2D eigenvalue weighted by Gasteiger charge is 2.65. The summed E-state index contributed by atoms with van der Waals surface area (Å²) in [5, 5.41) is 10.4. The van der Waals surface area contributed by atoms with E-state index in [1.165, 1.54) is 16.8 Å². The number of aliphatic hydroxyl groups is 1. The average Bonchev–Trinajstić information content (AvgIpc) is 2.83. The van der Waals surface area contributed by atoms with Crippen molar-refractivity contribution in [3.63, 3.8) is 0 Å². The fourth-order valence-corrected chi connectivity index (χ4v) is 4.30. The molecular formula is C17H19NO3. The quantitative estimate of drug-likeness (QED) is 0.803. The van der Waals surface area contributed by atoms with Crippen molar-refractivity contribution in [1.82, 2.24) is 0 Å². The molecule has 1 spiro atoms.